The normalized spacial score (nSPS) is 10.0. The van der Waals surface area contributed by atoms with Crippen LogP contribution in [0.4, 0.5) is 11.5 Å². The van der Waals surface area contributed by atoms with Crippen molar-refractivity contribution in [2.75, 3.05) is 31.9 Å². The molecule has 0 fully saturated rings. The second-order valence-corrected chi connectivity index (χ2v) is 4.34. The van der Waals surface area contributed by atoms with Crippen molar-refractivity contribution in [3.8, 4) is 11.5 Å². The zero-order chi connectivity index (χ0) is 15.4. The van der Waals surface area contributed by atoms with Crippen molar-refractivity contribution in [1.29, 1.82) is 0 Å². The third-order valence-electron chi connectivity index (χ3n) is 3.10. The van der Waals surface area contributed by atoms with Crippen molar-refractivity contribution in [2.24, 2.45) is 0 Å². The average Bonchev–Trinajstić information content (AvgIpc) is 2.54. The number of ether oxygens (including phenoxy) is 2. The van der Waals surface area contributed by atoms with E-state index in [0.29, 0.717) is 22.9 Å². The highest BCUT2D eigenvalue weighted by molar-refractivity contribution is 6.09. The molecule has 6 heteroatoms. The lowest BCUT2D eigenvalue weighted by Crippen LogP contribution is -2.28. The van der Waals surface area contributed by atoms with E-state index in [1.54, 1.807) is 37.5 Å². The predicted molar refractivity (Wildman–Crippen MR) is 80.9 cm³/mol. The van der Waals surface area contributed by atoms with Gasteiger partial charge in [0.2, 0.25) is 0 Å². The van der Waals surface area contributed by atoms with E-state index in [2.05, 4.69) is 4.98 Å². The summed E-state index contributed by atoms with van der Waals surface area (Å²) in [6.07, 6.45) is 1.62. The molecule has 0 saturated heterocycles. The van der Waals surface area contributed by atoms with Gasteiger partial charge in [-0.1, -0.05) is 6.07 Å². The second-order valence-electron chi connectivity index (χ2n) is 4.34. The predicted octanol–water partition coefficient (Wildman–Crippen LogP) is 1.96. The second kappa shape index (κ2) is 6.13. The largest absolute Gasteiger partial charge is 0.497 e. The van der Waals surface area contributed by atoms with Gasteiger partial charge in [-0.3, -0.25) is 9.69 Å². The Morgan fingerprint density at radius 1 is 1.24 bits per heavy atom. The number of aromatic nitrogens is 1. The Balaban J connectivity index is 2.43. The van der Waals surface area contributed by atoms with E-state index in [4.69, 9.17) is 15.2 Å². The summed E-state index contributed by atoms with van der Waals surface area (Å²) < 4.78 is 10.3. The summed E-state index contributed by atoms with van der Waals surface area (Å²) in [4.78, 5) is 18.2. The maximum absolute atomic E-state index is 12.6. The number of hydrogen-bond acceptors (Lipinski definition) is 5. The maximum atomic E-state index is 12.6. The summed E-state index contributed by atoms with van der Waals surface area (Å²) in [5, 5.41) is 0. The van der Waals surface area contributed by atoms with E-state index < -0.39 is 0 Å². The molecule has 1 aromatic heterocycles. The standard InChI is InChI=1S/C15H17N3O3/c1-18(13-6-4-5-7-17-13)15(19)11-8-10(20-2)9-12(21-3)14(11)16/h4-9H,16H2,1-3H3. The van der Waals surface area contributed by atoms with Crippen LogP contribution in [0, 0.1) is 0 Å². The van der Waals surface area contributed by atoms with E-state index in [-0.39, 0.29) is 11.6 Å². The lowest BCUT2D eigenvalue weighted by molar-refractivity contribution is 0.0992. The summed E-state index contributed by atoms with van der Waals surface area (Å²) in [5.74, 6) is 1.14. The van der Waals surface area contributed by atoms with Crippen LogP contribution < -0.4 is 20.1 Å². The topological polar surface area (TPSA) is 77.7 Å². The Hall–Kier alpha value is -2.76. The van der Waals surface area contributed by atoms with Crippen LogP contribution in [0.15, 0.2) is 36.5 Å². The Bertz CT molecular complexity index is 644. The van der Waals surface area contributed by atoms with Crippen molar-refractivity contribution in [3.63, 3.8) is 0 Å². The van der Waals surface area contributed by atoms with Crippen molar-refractivity contribution in [2.45, 2.75) is 0 Å². The van der Waals surface area contributed by atoms with Gasteiger partial charge in [-0.05, 0) is 18.2 Å². The molecule has 0 atom stereocenters. The van der Waals surface area contributed by atoms with Crippen LogP contribution in [-0.4, -0.2) is 32.2 Å². The first-order chi connectivity index (χ1) is 10.1. The highest BCUT2D eigenvalue weighted by atomic mass is 16.5. The molecule has 0 radical (unpaired) electrons. The van der Waals surface area contributed by atoms with Gasteiger partial charge in [0.15, 0.2) is 0 Å². The van der Waals surface area contributed by atoms with Crippen LogP contribution in [0.2, 0.25) is 0 Å². The molecule has 0 saturated carbocycles. The molecule has 110 valence electrons. The number of pyridine rings is 1. The van der Waals surface area contributed by atoms with Crippen molar-refractivity contribution >= 4 is 17.4 Å². The average molecular weight is 287 g/mol. The van der Waals surface area contributed by atoms with Gasteiger partial charge in [0, 0.05) is 19.3 Å². The van der Waals surface area contributed by atoms with Gasteiger partial charge >= 0.3 is 0 Å². The molecule has 21 heavy (non-hydrogen) atoms. The quantitative estimate of drug-likeness (QED) is 0.870. The zero-order valence-electron chi connectivity index (χ0n) is 12.2. The molecule has 1 heterocycles. The number of methoxy groups -OCH3 is 2. The van der Waals surface area contributed by atoms with Crippen LogP contribution in [0.1, 0.15) is 10.4 Å². The van der Waals surface area contributed by atoms with Crippen molar-refractivity contribution < 1.29 is 14.3 Å². The third-order valence-corrected chi connectivity index (χ3v) is 3.10. The van der Waals surface area contributed by atoms with Crippen molar-refractivity contribution in [3.05, 3.63) is 42.1 Å². The van der Waals surface area contributed by atoms with Crippen molar-refractivity contribution in [1.82, 2.24) is 4.98 Å². The minimum atomic E-state index is -0.289. The number of nitrogens with zero attached hydrogens (tertiary/aromatic N) is 2. The summed E-state index contributed by atoms with van der Waals surface area (Å²) in [6.45, 7) is 0. The fraction of sp³-hybridized carbons (Fsp3) is 0.200. The first kappa shape index (κ1) is 14.6. The molecule has 2 rings (SSSR count). The number of hydrogen-bond donors (Lipinski definition) is 1. The summed E-state index contributed by atoms with van der Waals surface area (Å²) in [7, 11) is 4.64. The van der Waals surface area contributed by atoms with E-state index >= 15 is 0 Å². The minimum absolute atomic E-state index is 0.270. The first-order valence-corrected chi connectivity index (χ1v) is 6.29. The van der Waals surface area contributed by atoms with Crippen LogP contribution >= 0.6 is 0 Å². The molecule has 1 aromatic carbocycles. The molecule has 0 spiro atoms. The molecule has 0 aliphatic heterocycles. The third kappa shape index (κ3) is 2.89. The molecule has 0 unspecified atom stereocenters. The molecule has 2 aromatic rings. The number of rotatable bonds is 4. The van der Waals surface area contributed by atoms with Crippen LogP contribution in [0.25, 0.3) is 0 Å². The number of nitrogen functional groups attached to an aromatic ring is 1. The molecule has 0 aliphatic carbocycles. The Morgan fingerprint density at radius 3 is 2.57 bits per heavy atom. The number of amides is 1. The molecular formula is C15H17N3O3. The van der Waals surface area contributed by atoms with Gasteiger partial charge in [0.25, 0.3) is 5.91 Å². The van der Waals surface area contributed by atoms with Crippen LogP contribution in [0.3, 0.4) is 0 Å². The van der Waals surface area contributed by atoms with Gasteiger partial charge in [-0.15, -0.1) is 0 Å². The maximum Gasteiger partial charge on any atom is 0.261 e. The molecule has 0 bridgehead atoms. The molecule has 0 aliphatic rings. The molecule has 1 amide bonds. The molecular weight excluding hydrogens is 270 g/mol. The Morgan fingerprint density at radius 2 is 2.00 bits per heavy atom. The Labute approximate surface area is 123 Å². The van der Waals surface area contributed by atoms with E-state index in [9.17, 15) is 4.79 Å². The fourth-order valence-corrected chi connectivity index (χ4v) is 1.90. The number of carbonyl (C=O) groups is 1. The van der Waals surface area contributed by atoms with Gasteiger partial charge in [0.1, 0.15) is 17.3 Å². The van der Waals surface area contributed by atoms with E-state index in [0.717, 1.165) is 0 Å². The summed E-state index contributed by atoms with van der Waals surface area (Å²) in [5.41, 5.74) is 6.56. The van der Waals surface area contributed by atoms with E-state index in [1.165, 1.54) is 19.1 Å². The molecule has 6 nitrogen and oxygen atoms in total. The minimum Gasteiger partial charge on any atom is -0.497 e. The van der Waals surface area contributed by atoms with Crippen LogP contribution in [0.5, 0.6) is 11.5 Å². The highest BCUT2D eigenvalue weighted by Gasteiger charge is 2.20. The fourth-order valence-electron chi connectivity index (χ4n) is 1.90. The Kier molecular flexibility index (Phi) is 4.27. The van der Waals surface area contributed by atoms with Gasteiger partial charge in [-0.2, -0.15) is 0 Å². The van der Waals surface area contributed by atoms with Crippen LogP contribution in [-0.2, 0) is 0 Å². The highest BCUT2D eigenvalue weighted by Crippen LogP contribution is 2.32. The lowest BCUT2D eigenvalue weighted by Gasteiger charge is -2.18. The number of anilines is 2. The monoisotopic (exact) mass is 287 g/mol. The van der Waals surface area contributed by atoms with Gasteiger partial charge in [-0.25, -0.2) is 4.98 Å². The molecule has 2 N–H and O–H groups in total. The lowest BCUT2D eigenvalue weighted by atomic mass is 10.1. The smallest absolute Gasteiger partial charge is 0.261 e. The van der Waals surface area contributed by atoms with Gasteiger partial charge in [0.05, 0.1) is 25.5 Å². The first-order valence-electron chi connectivity index (χ1n) is 6.29. The number of carbonyl (C=O) groups excluding carboxylic acids is 1. The number of nitrogens with two attached hydrogens (primary N) is 1. The zero-order valence-corrected chi connectivity index (χ0v) is 12.2. The van der Waals surface area contributed by atoms with E-state index in [1.807, 2.05) is 6.07 Å². The number of benzene rings is 1. The summed E-state index contributed by atoms with van der Waals surface area (Å²) in [6, 6.07) is 8.55. The SMILES string of the molecule is COc1cc(OC)c(N)c(C(=O)N(C)c2ccccn2)c1. The summed E-state index contributed by atoms with van der Waals surface area (Å²) >= 11 is 0. The van der Waals surface area contributed by atoms with Gasteiger partial charge < -0.3 is 15.2 Å².